The molecular formula is C8F18O2. The molecule has 0 saturated carbocycles. The molecular weight excluding hydrogens is 470 g/mol. The molecule has 0 atom stereocenters. The van der Waals surface area contributed by atoms with Crippen LogP contribution in [0.15, 0.2) is 0 Å². The summed E-state index contributed by atoms with van der Waals surface area (Å²) in [5.41, 5.74) is 0. The minimum Gasteiger partial charge on any atom is -0.221 e. The van der Waals surface area contributed by atoms with Crippen LogP contribution in [0.4, 0.5) is 79.0 Å². The molecule has 0 aliphatic heterocycles. The van der Waals surface area contributed by atoms with Gasteiger partial charge >= 0.3 is 48.6 Å². The molecule has 0 aromatic rings. The molecule has 0 heterocycles. The lowest BCUT2D eigenvalue weighted by atomic mass is 9.97. The van der Waals surface area contributed by atoms with Crippen LogP contribution in [0.25, 0.3) is 0 Å². The van der Waals surface area contributed by atoms with Gasteiger partial charge in [-0.05, 0) is 0 Å². The van der Waals surface area contributed by atoms with Crippen molar-refractivity contribution < 1.29 is 88.5 Å². The Morgan fingerprint density at radius 1 is 0.286 bits per heavy atom. The summed E-state index contributed by atoms with van der Waals surface area (Å²) in [7, 11) is 0. The van der Waals surface area contributed by atoms with Crippen molar-refractivity contribution in [2.75, 3.05) is 0 Å². The maximum Gasteiger partial charge on any atom is 0.527 e. The lowest BCUT2D eigenvalue weighted by molar-refractivity contribution is -0.526. The van der Waals surface area contributed by atoms with Gasteiger partial charge in [0.05, 0.1) is 0 Å². The zero-order chi connectivity index (χ0) is 23.4. The Kier molecular flexibility index (Phi) is 6.27. The fraction of sp³-hybridized carbons (Fsp3) is 1.00. The third kappa shape index (κ3) is 4.46. The van der Waals surface area contributed by atoms with Crippen molar-refractivity contribution in [2.45, 2.75) is 48.6 Å². The predicted molar refractivity (Wildman–Crippen MR) is 44.0 cm³/mol. The molecule has 0 fully saturated rings. The monoisotopic (exact) mass is 470 g/mol. The van der Waals surface area contributed by atoms with Gasteiger partial charge in [0.1, 0.15) is 0 Å². The highest BCUT2D eigenvalue weighted by molar-refractivity contribution is 5.08. The Bertz CT molecular complexity index is 505. The predicted octanol–water partition coefficient (Wildman–Crippen LogP) is 5.79. The van der Waals surface area contributed by atoms with Crippen molar-refractivity contribution in [2.24, 2.45) is 0 Å². The van der Waals surface area contributed by atoms with E-state index in [1.807, 2.05) is 0 Å². The zero-order valence-corrected chi connectivity index (χ0v) is 11.6. The zero-order valence-electron chi connectivity index (χ0n) is 11.6. The van der Waals surface area contributed by atoms with Crippen LogP contribution in [0.5, 0.6) is 0 Å². The van der Waals surface area contributed by atoms with Gasteiger partial charge in [0, 0.05) is 0 Å². The molecule has 28 heavy (non-hydrogen) atoms. The van der Waals surface area contributed by atoms with E-state index in [2.05, 4.69) is 0 Å². The number of rotatable bonds is 7. The highest BCUT2D eigenvalue weighted by Gasteiger charge is 2.92. The first-order chi connectivity index (χ1) is 11.7. The standard InChI is InChI=1S/C8F18O2/c9-1(10,3(13,14)5(17,18)27-7(21,22)23)2(11,12)4(15,16)6(19,20)28-8(24,25)26. The minimum absolute atomic E-state index is 1.11. The van der Waals surface area contributed by atoms with Gasteiger partial charge in [-0.15, -0.1) is 26.3 Å². The molecule has 0 radical (unpaired) electrons. The first kappa shape index (κ1) is 26.7. The molecule has 0 unspecified atom stereocenters. The highest BCUT2D eigenvalue weighted by atomic mass is 19.4. The summed E-state index contributed by atoms with van der Waals surface area (Å²) in [6.07, 6.45) is -29.5. The molecule has 0 aromatic carbocycles. The van der Waals surface area contributed by atoms with Gasteiger partial charge in [-0.1, -0.05) is 0 Å². The third-order valence-corrected chi connectivity index (χ3v) is 2.40. The summed E-state index contributed by atoms with van der Waals surface area (Å²) in [6.45, 7) is 0. The van der Waals surface area contributed by atoms with Gasteiger partial charge in [0.25, 0.3) is 0 Å². The van der Waals surface area contributed by atoms with E-state index in [1.165, 1.54) is 0 Å². The van der Waals surface area contributed by atoms with E-state index in [9.17, 15) is 79.0 Å². The van der Waals surface area contributed by atoms with Crippen LogP contribution in [0.2, 0.25) is 0 Å². The lowest BCUT2D eigenvalue weighted by Gasteiger charge is -2.40. The van der Waals surface area contributed by atoms with Gasteiger partial charge < -0.3 is 0 Å². The summed E-state index contributed by atoms with van der Waals surface area (Å²) in [6, 6.07) is 0. The largest absolute Gasteiger partial charge is 0.527 e. The second-order valence-corrected chi connectivity index (χ2v) is 4.43. The van der Waals surface area contributed by atoms with Crippen LogP contribution < -0.4 is 0 Å². The molecule has 0 aromatic heterocycles. The Morgan fingerprint density at radius 3 is 0.607 bits per heavy atom. The Balaban J connectivity index is 6.36. The SMILES string of the molecule is FC(F)(F)OC(F)(F)C(F)(F)C(F)(F)C(F)(F)C(F)(F)C(F)(F)OC(F)(F)F. The topological polar surface area (TPSA) is 18.5 Å². The first-order valence-electron chi connectivity index (χ1n) is 5.47. The van der Waals surface area contributed by atoms with E-state index in [0.29, 0.717) is 0 Å². The summed E-state index contributed by atoms with van der Waals surface area (Å²) in [5.74, 6) is -33.8. The van der Waals surface area contributed by atoms with Crippen molar-refractivity contribution in [1.29, 1.82) is 0 Å². The van der Waals surface area contributed by atoms with Gasteiger partial charge in [-0.2, -0.15) is 52.7 Å². The van der Waals surface area contributed by atoms with Gasteiger partial charge in [-0.25, -0.2) is 9.47 Å². The summed E-state index contributed by atoms with van der Waals surface area (Å²) >= 11 is 0. The van der Waals surface area contributed by atoms with Crippen LogP contribution in [-0.4, -0.2) is 48.6 Å². The van der Waals surface area contributed by atoms with Crippen molar-refractivity contribution in [3.8, 4) is 0 Å². The normalized spacial score (nSPS) is 16.5. The summed E-state index contributed by atoms with van der Waals surface area (Å²) < 4.78 is 224. The van der Waals surface area contributed by atoms with Gasteiger partial charge in [0.15, 0.2) is 0 Å². The first-order valence-corrected chi connectivity index (χ1v) is 5.47. The van der Waals surface area contributed by atoms with Gasteiger partial charge in [0.2, 0.25) is 0 Å². The Hall–Kier alpha value is -1.34. The molecule has 0 rings (SSSR count). The smallest absolute Gasteiger partial charge is 0.221 e. The molecule has 0 N–H and O–H groups in total. The molecule has 2 nitrogen and oxygen atoms in total. The number of halogens is 18. The van der Waals surface area contributed by atoms with E-state index in [0.717, 1.165) is 9.47 Å². The van der Waals surface area contributed by atoms with Crippen molar-refractivity contribution in [3.05, 3.63) is 0 Å². The van der Waals surface area contributed by atoms with Crippen LogP contribution in [-0.2, 0) is 9.47 Å². The van der Waals surface area contributed by atoms with E-state index >= 15 is 0 Å². The van der Waals surface area contributed by atoms with Crippen molar-refractivity contribution in [1.82, 2.24) is 0 Å². The fourth-order valence-electron chi connectivity index (χ4n) is 1.18. The fourth-order valence-corrected chi connectivity index (χ4v) is 1.18. The van der Waals surface area contributed by atoms with E-state index in [-0.39, 0.29) is 0 Å². The quantitative estimate of drug-likeness (QED) is 0.439. The lowest BCUT2D eigenvalue weighted by Crippen LogP contribution is -2.71. The number of hydrogen-bond donors (Lipinski definition) is 0. The van der Waals surface area contributed by atoms with Crippen LogP contribution >= 0.6 is 0 Å². The van der Waals surface area contributed by atoms with Gasteiger partial charge in [-0.3, -0.25) is 0 Å². The third-order valence-electron chi connectivity index (χ3n) is 2.40. The Labute approximate surface area is 139 Å². The molecule has 0 amide bonds. The second-order valence-electron chi connectivity index (χ2n) is 4.43. The molecule has 0 bridgehead atoms. The molecule has 20 heteroatoms. The Morgan fingerprint density at radius 2 is 0.464 bits per heavy atom. The average Bonchev–Trinajstić information content (AvgIpc) is 2.31. The number of ether oxygens (including phenoxy) is 2. The van der Waals surface area contributed by atoms with Crippen LogP contribution in [0.1, 0.15) is 0 Å². The molecule has 0 saturated heterocycles. The number of hydrogen-bond acceptors (Lipinski definition) is 2. The average molecular weight is 470 g/mol. The van der Waals surface area contributed by atoms with E-state index < -0.39 is 48.6 Å². The molecule has 170 valence electrons. The van der Waals surface area contributed by atoms with E-state index in [4.69, 9.17) is 0 Å². The van der Waals surface area contributed by atoms with E-state index in [1.54, 1.807) is 0 Å². The second kappa shape index (κ2) is 6.59. The summed E-state index contributed by atoms with van der Waals surface area (Å²) in [5, 5.41) is 0. The molecule has 0 aliphatic rings. The van der Waals surface area contributed by atoms with Crippen LogP contribution in [0, 0.1) is 0 Å². The molecule has 0 spiro atoms. The maximum absolute atomic E-state index is 12.9. The maximum atomic E-state index is 12.9. The van der Waals surface area contributed by atoms with Crippen LogP contribution in [0.3, 0.4) is 0 Å². The molecule has 0 aliphatic carbocycles. The summed E-state index contributed by atoms with van der Waals surface area (Å²) in [4.78, 5) is 0. The van der Waals surface area contributed by atoms with Crippen molar-refractivity contribution >= 4 is 0 Å². The van der Waals surface area contributed by atoms with Crippen molar-refractivity contribution in [3.63, 3.8) is 0 Å². The number of alkyl halides is 18. The minimum atomic E-state index is -8.56. The highest BCUT2D eigenvalue weighted by Crippen LogP contribution is 2.61.